The summed E-state index contributed by atoms with van der Waals surface area (Å²) in [6, 6.07) is 0.886. The zero-order chi connectivity index (χ0) is 14.2. The van der Waals surface area contributed by atoms with E-state index in [0.717, 1.165) is 6.07 Å². The van der Waals surface area contributed by atoms with E-state index in [9.17, 15) is 13.2 Å². The third kappa shape index (κ3) is 2.41. The summed E-state index contributed by atoms with van der Waals surface area (Å²) >= 11 is 0. The highest BCUT2D eigenvalue weighted by molar-refractivity contribution is 8.13. The normalized spacial score (nSPS) is 14.0. The molecule has 0 aliphatic carbocycles. The summed E-state index contributed by atoms with van der Waals surface area (Å²) in [4.78, 5) is 10.7. The molecule has 1 aliphatic heterocycles. The lowest BCUT2D eigenvalue weighted by Gasteiger charge is -2.23. The Morgan fingerprint density at radius 2 is 1.95 bits per heavy atom. The third-order valence-corrected chi connectivity index (χ3v) is 3.76. The Bertz CT molecular complexity index is 638. The first-order valence-corrected chi connectivity index (χ1v) is 7.35. The fraction of sp³-hybridized carbons (Fsp3) is 0.300. The van der Waals surface area contributed by atoms with Gasteiger partial charge in [0.15, 0.2) is 11.5 Å². The first-order valence-electron chi connectivity index (χ1n) is 5.04. The average Bonchev–Trinajstić information content (AvgIpc) is 2.35. The van der Waals surface area contributed by atoms with E-state index in [0.29, 0.717) is 0 Å². The number of hydrogen-bond acceptors (Lipinski definition) is 6. The summed E-state index contributed by atoms with van der Waals surface area (Å²) in [7, 11) is 2.30. The largest absolute Gasteiger partial charge is 0.491 e. The maximum atomic E-state index is 11.5. The van der Waals surface area contributed by atoms with Gasteiger partial charge in [0.25, 0.3) is 9.05 Å². The van der Waals surface area contributed by atoms with Crippen molar-refractivity contribution in [3.8, 4) is 17.2 Å². The maximum Gasteiger partial charge on any atom is 0.339 e. The Morgan fingerprint density at radius 1 is 1.37 bits per heavy atom. The summed E-state index contributed by atoms with van der Waals surface area (Å²) in [5.74, 6) is -1.67. The van der Waals surface area contributed by atoms with Gasteiger partial charge in [0.1, 0.15) is 23.7 Å². The highest BCUT2D eigenvalue weighted by Crippen LogP contribution is 2.46. The number of carboxylic acid groups (broad SMARTS) is 1. The Hall–Kier alpha value is -1.67. The lowest BCUT2D eigenvalue weighted by Crippen LogP contribution is -2.19. The molecule has 19 heavy (non-hydrogen) atoms. The molecule has 1 heterocycles. The fourth-order valence-corrected chi connectivity index (χ4v) is 2.69. The van der Waals surface area contributed by atoms with Crippen LogP contribution in [0.25, 0.3) is 0 Å². The Kier molecular flexibility index (Phi) is 3.46. The van der Waals surface area contributed by atoms with E-state index in [1.165, 1.54) is 7.11 Å². The van der Waals surface area contributed by atoms with Gasteiger partial charge < -0.3 is 19.3 Å². The maximum absolute atomic E-state index is 11.5. The second kappa shape index (κ2) is 4.78. The Labute approximate surface area is 113 Å². The molecule has 0 atom stereocenters. The molecule has 9 heteroatoms. The van der Waals surface area contributed by atoms with Gasteiger partial charge in [-0.2, -0.15) is 0 Å². The number of fused-ring (bicyclic) bond motifs is 1. The van der Waals surface area contributed by atoms with E-state index in [4.69, 9.17) is 30.0 Å². The van der Waals surface area contributed by atoms with Crippen LogP contribution in [0.5, 0.6) is 17.2 Å². The van der Waals surface area contributed by atoms with Gasteiger partial charge in [-0.1, -0.05) is 0 Å². The van der Waals surface area contributed by atoms with Gasteiger partial charge >= 0.3 is 5.97 Å². The lowest BCUT2D eigenvalue weighted by molar-refractivity contribution is 0.0685. The summed E-state index contributed by atoms with van der Waals surface area (Å²) < 4.78 is 38.3. The molecule has 0 radical (unpaired) electrons. The first-order chi connectivity index (χ1) is 8.86. The second-order valence-electron chi connectivity index (χ2n) is 3.55. The number of ether oxygens (including phenoxy) is 3. The van der Waals surface area contributed by atoms with Gasteiger partial charge in [0, 0.05) is 10.7 Å². The van der Waals surface area contributed by atoms with Crippen LogP contribution in [0.2, 0.25) is 0 Å². The summed E-state index contributed by atoms with van der Waals surface area (Å²) in [5, 5.41) is 9.08. The molecular weight excluding hydrogens is 300 g/mol. The standard InChI is InChI=1S/C10H9ClO7S/c1-16-8-6(19(11,14)15)4-5(10(12)13)7-9(8)18-3-2-17-7/h4H,2-3H2,1H3,(H,12,13). The number of carboxylic acids is 1. The smallest absolute Gasteiger partial charge is 0.339 e. The number of methoxy groups -OCH3 is 1. The van der Waals surface area contributed by atoms with Crippen LogP contribution in [0.3, 0.4) is 0 Å². The van der Waals surface area contributed by atoms with Crippen molar-refractivity contribution >= 4 is 25.7 Å². The molecule has 0 amide bonds. The minimum absolute atomic E-state index is 0.0698. The van der Waals surface area contributed by atoms with E-state index >= 15 is 0 Å². The molecule has 0 unspecified atom stereocenters. The van der Waals surface area contributed by atoms with Crippen molar-refractivity contribution in [3.05, 3.63) is 11.6 Å². The van der Waals surface area contributed by atoms with Gasteiger partial charge in [-0.15, -0.1) is 0 Å². The zero-order valence-corrected chi connectivity index (χ0v) is 11.2. The molecule has 0 bridgehead atoms. The quantitative estimate of drug-likeness (QED) is 0.834. The van der Waals surface area contributed by atoms with Crippen LogP contribution in [0, 0.1) is 0 Å². The van der Waals surface area contributed by atoms with Crippen LogP contribution in [0.1, 0.15) is 10.4 Å². The van der Waals surface area contributed by atoms with Gasteiger partial charge in [-0.05, 0) is 6.07 Å². The highest BCUT2D eigenvalue weighted by atomic mass is 35.7. The number of carbonyl (C=O) groups is 1. The topological polar surface area (TPSA) is 99.1 Å². The molecule has 1 N–H and O–H groups in total. The molecule has 0 saturated carbocycles. The molecule has 2 rings (SSSR count). The fourth-order valence-electron chi connectivity index (χ4n) is 1.69. The molecule has 0 fully saturated rings. The van der Waals surface area contributed by atoms with Gasteiger partial charge in [-0.25, -0.2) is 13.2 Å². The molecule has 7 nitrogen and oxygen atoms in total. The molecule has 1 aromatic carbocycles. The molecular formula is C10H9ClO7S. The zero-order valence-electron chi connectivity index (χ0n) is 9.67. The van der Waals surface area contributed by atoms with E-state index in [1.807, 2.05) is 0 Å². The van der Waals surface area contributed by atoms with Crippen molar-refractivity contribution in [1.82, 2.24) is 0 Å². The summed E-state index contributed by atoms with van der Waals surface area (Å²) in [6.07, 6.45) is 0. The monoisotopic (exact) mass is 308 g/mol. The van der Waals surface area contributed by atoms with Gasteiger partial charge in [0.05, 0.1) is 7.11 Å². The van der Waals surface area contributed by atoms with Crippen molar-refractivity contribution in [1.29, 1.82) is 0 Å². The van der Waals surface area contributed by atoms with Crippen LogP contribution < -0.4 is 14.2 Å². The van der Waals surface area contributed by atoms with Crippen LogP contribution in [-0.2, 0) is 9.05 Å². The van der Waals surface area contributed by atoms with Crippen LogP contribution in [0.15, 0.2) is 11.0 Å². The number of rotatable bonds is 3. The minimum atomic E-state index is -4.19. The van der Waals surface area contributed by atoms with E-state index in [1.54, 1.807) is 0 Å². The molecule has 0 saturated heterocycles. The molecule has 1 aliphatic rings. The van der Waals surface area contributed by atoms with Gasteiger partial charge in [0.2, 0.25) is 5.75 Å². The number of benzene rings is 1. The van der Waals surface area contributed by atoms with E-state index < -0.39 is 19.9 Å². The van der Waals surface area contributed by atoms with E-state index in [-0.39, 0.29) is 36.0 Å². The molecule has 104 valence electrons. The number of aromatic carboxylic acids is 1. The van der Waals surface area contributed by atoms with Crippen molar-refractivity contribution in [2.45, 2.75) is 4.90 Å². The number of halogens is 1. The summed E-state index contributed by atoms with van der Waals surface area (Å²) in [5.41, 5.74) is -0.352. The van der Waals surface area contributed by atoms with Crippen LogP contribution >= 0.6 is 10.7 Å². The highest BCUT2D eigenvalue weighted by Gasteiger charge is 2.31. The average molecular weight is 309 g/mol. The molecule has 1 aromatic rings. The first kappa shape index (κ1) is 13.8. The Balaban J connectivity index is 2.83. The third-order valence-electron chi connectivity index (χ3n) is 2.43. The second-order valence-corrected chi connectivity index (χ2v) is 6.09. The van der Waals surface area contributed by atoms with Crippen molar-refractivity contribution < 1.29 is 32.5 Å². The lowest BCUT2D eigenvalue weighted by atomic mass is 10.1. The van der Waals surface area contributed by atoms with E-state index in [2.05, 4.69) is 0 Å². The molecule has 0 spiro atoms. The van der Waals surface area contributed by atoms with Crippen LogP contribution in [0.4, 0.5) is 0 Å². The molecule has 0 aromatic heterocycles. The SMILES string of the molecule is COc1c(S(=O)(=O)Cl)cc(C(=O)O)c2c1OCCO2. The number of hydrogen-bond donors (Lipinski definition) is 1. The Morgan fingerprint density at radius 3 is 2.42 bits per heavy atom. The predicted molar refractivity (Wildman–Crippen MR) is 64.0 cm³/mol. The predicted octanol–water partition coefficient (Wildman–Crippen LogP) is 1.09. The van der Waals surface area contributed by atoms with Crippen molar-refractivity contribution in [2.24, 2.45) is 0 Å². The van der Waals surface area contributed by atoms with Crippen molar-refractivity contribution in [2.75, 3.05) is 20.3 Å². The van der Waals surface area contributed by atoms with Gasteiger partial charge in [-0.3, -0.25) is 0 Å². The summed E-state index contributed by atoms with van der Waals surface area (Å²) in [6.45, 7) is 0.303. The minimum Gasteiger partial charge on any atom is -0.491 e. The van der Waals surface area contributed by atoms with Crippen molar-refractivity contribution in [3.63, 3.8) is 0 Å². The van der Waals surface area contributed by atoms with Crippen LogP contribution in [-0.4, -0.2) is 39.8 Å².